The van der Waals surface area contributed by atoms with Gasteiger partial charge in [-0.3, -0.25) is 0 Å². The van der Waals surface area contributed by atoms with Gasteiger partial charge < -0.3 is 15.0 Å². The van der Waals surface area contributed by atoms with Gasteiger partial charge in [-0.25, -0.2) is 9.37 Å². The van der Waals surface area contributed by atoms with Crippen LogP contribution in [0, 0.1) is 5.82 Å². The third-order valence-corrected chi connectivity index (χ3v) is 3.36. The Bertz CT molecular complexity index is 554. The zero-order valence-corrected chi connectivity index (χ0v) is 10.2. The summed E-state index contributed by atoms with van der Waals surface area (Å²) in [6.07, 6.45) is 0. The zero-order chi connectivity index (χ0) is 12.5. The van der Waals surface area contributed by atoms with Crippen molar-refractivity contribution in [3.63, 3.8) is 0 Å². The van der Waals surface area contributed by atoms with Crippen LogP contribution in [0.4, 0.5) is 4.39 Å². The molecular weight excluding hydrogens is 233 g/mol. The fourth-order valence-corrected chi connectivity index (χ4v) is 2.46. The maximum Gasteiger partial charge on any atom is 0.125 e. The first-order valence-electron chi connectivity index (χ1n) is 6.24. The van der Waals surface area contributed by atoms with Gasteiger partial charge in [-0.2, -0.15) is 0 Å². The van der Waals surface area contributed by atoms with Crippen LogP contribution in [-0.4, -0.2) is 35.8 Å². The van der Waals surface area contributed by atoms with Crippen LogP contribution in [0.15, 0.2) is 18.2 Å². The van der Waals surface area contributed by atoms with Crippen LogP contribution in [0.5, 0.6) is 0 Å². The first kappa shape index (κ1) is 11.6. The van der Waals surface area contributed by atoms with E-state index in [4.69, 9.17) is 4.74 Å². The maximum atomic E-state index is 13.1. The third-order valence-electron chi connectivity index (χ3n) is 3.36. The van der Waals surface area contributed by atoms with E-state index in [1.807, 2.05) is 0 Å². The summed E-state index contributed by atoms with van der Waals surface area (Å²) < 4.78 is 18.6. The van der Waals surface area contributed by atoms with E-state index in [1.165, 1.54) is 12.1 Å². The van der Waals surface area contributed by atoms with Gasteiger partial charge in [-0.05, 0) is 24.7 Å². The number of likely N-dealkylation sites (N-methyl/N-ethyl adjacent to an activating group) is 1. The van der Waals surface area contributed by atoms with Crippen LogP contribution in [0.1, 0.15) is 18.7 Å². The lowest BCUT2D eigenvalue weighted by molar-refractivity contribution is 0.187. The molecule has 18 heavy (non-hydrogen) atoms. The molecule has 2 atom stereocenters. The Labute approximate surface area is 105 Å². The Hall–Kier alpha value is -1.46. The second-order valence-corrected chi connectivity index (χ2v) is 4.59. The summed E-state index contributed by atoms with van der Waals surface area (Å²) in [5.41, 5.74) is 1.54. The van der Waals surface area contributed by atoms with Crippen molar-refractivity contribution in [2.75, 3.05) is 19.8 Å². The van der Waals surface area contributed by atoms with Gasteiger partial charge in [-0.1, -0.05) is 6.92 Å². The summed E-state index contributed by atoms with van der Waals surface area (Å²) in [6.45, 7) is 4.33. The molecule has 2 heterocycles. The average Bonchev–Trinajstić information content (AvgIpc) is 2.94. The first-order chi connectivity index (χ1) is 8.78. The lowest BCUT2D eigenvalue weighted by Crippen LogP contribution is -2.34. The molecule has 1 fully saturated rings. The summed E-state index contributed by atoms with van der Waals surface area (Å²) in [6, 6.07) is 4.88. The van der Waals surface area contributed by atoms with E-state index >= 15 is 0 Å². The number of aromatic nitrogens is 2. The summed E-state index contributed by atoms with van der Waals surface area (Å²) in [5, 5.41) is 3.39. The van der Waals surface area contributed by atoms with Crippen LogP contribution >= 0.6 is 0 Å². The van der Waals surface area contributed by atoms with Gasteiger partial charge in [0.15, 0.2) is 0 Å². The second kappa shape index (κ2) is 4.66. The zero-order valence-electron chi connectivity index (χ0n) is 10.2. The van der Waals surface area contributed by atoms with E-state index in [0.29, 0.717) is 13.2 Å². The minimum absolute atomic E-state index is 0.209. The standard InChI is InChI=1S/C13H16FN3O/c1-2-15-12-7-18-6-9(12)13-16-10-4-3-8(14)5-11(10)17-13/h3-5,9,12,15H,2,6-7H2,1H3,(H,16,17). The fraction of sp³-hybridized carbons (Fsp3) is 0.462. The number of nitrogens with one attached hydrogen (secondary N) is 2. The molecular formula is C13H16FN3O. The van der Waals surface area contributed by atoms with Crippen molar-refractivity contribution >= 4 is 11.0 Å². The molecule has 5 heteroatoms. The molecule has 0 spiro atoms. The highest BCUT2D eigenvalue weighted by atomic mass is 19.1. The van der Waals surface area contributed by atoms with Crippen LogP contribution in [0.25, 0.3) is 11.0 Å². The molecule has 2 unspecified atom stereocenters. The second-order valence-electron chi connectivity index (χ2n) is 4.59. The van der Waals surface area contributed by atoms with E-state index in [-0.39, 0.29) is 17.8 Å². The summed E-state index contributed by atoms with van der Waals surface area (Å²) >= 11 is 0. The van der Waals surface area contributed by atoms with Crippen molar-refractivity contribution in [1.82, 2.24) is 15.3 Å². The normalized spacial score (nSPS) is 23.9. The lowest BCUT2D eigenvalue weighted by Gasteiger charge is -2.15. The van der Waals surface area contributed by atoms with Crippen molar-refractivity contribution in [2.24, 2.45) is 0 Å². The van der Waals surface area contributed by atoms with Crippen molar-refractivity contribution < 1.29 is 9.13 Å². The predicted molar refractivity (Wildman–Crippen MR) is 67.1 cm³/mol. The Morgan fingerprint density at radius 3 is 3.22 bits per heavy atom. The van der Waals surface area contributed by atoms with Crippen molar-refractivity contribution in [2.45, 2.75) is 18.9 Å². The summed E-state index contributed by atoms with van der Waals surface area (Å²) in [4.78, 5) is 7.72. The molecule has 1 saturated heterocycles. The predicted octanol–water partition coefficient (Wildman–Crippen LogP) is 1.79. The van der Waals surface area contributed by atoms with E-state index in [0.717, 1.165) is 23.4 Å². The SMILES string of the molecule is CCNC1COCC1c1nc2ccc(F)cc2[nH]1. The highest BCUT2D eigenvalue weighted by Crippen LogP contribution is 2.25. The van der Waals surface area contributed by atoms with E-state index in [2.05, 4.69) is 22.2 Å². The lowest BCUT2D eigenvalue weighted by atomic mass is 10.0. The fourth-order valence-electron chi connectivity index (χ4n) is 2.46. The van der Waals surface area contributed by atoms with Gasteiger partial charge in [0, 0.05) is 6.04 Å². The number of ether oxygens (including phenoxy) is 1. The van der Waals surface area contributed by atoms with E-state index in [9.17, 15) is 4.39 Å². The average molecular weight is 249 g/mol. The minimum Gasteiger partial charge on any atom is -0.379 e. The van der Waals surface area contributed by atoms with Crippen LogP contribution in [0.2, 0.25) is 0 Å². The molecule has 0 bridgehead atoms. The molecule has 0 aliphatic carbocycles. The van der Waals surface area contributed by atoms with Crippen LogP contribution < -0.4 is 5.32 Å². The number of rotatable bonds is 3. The number of halogens is 1. The molecule has 4 nitrogen and oxygen atoms in total. The molecule has 96 valence electrons. The monoisotopic (exact) mass is 249 g/mol. The molecule has 0 radical (unpaired) electrons. The molecule has 1 aromatic heterocycles. The number of hydrogen-bond acceptors (Lipinski definition) is 3. The van der Waals surface area contributed by atoms with Crippen LogP contribution in [-0.2, 0) is 4.74 Å². The minimum atomic E-state index is -0.247. The summed E-state index contributed by atoms with van der Waals surface area (Å²) in [5.74, 6) is 0.836. The van der Waals surface area contributed by atoms with E-state index in [1.54, 1.807) is 6.07 Å². The van der Waals surface area contributed by atoms with Crippen LogP contribution in [0.3, 0.4) is 0 Å². The molecule has 1 aromatic carbocycles. The van der Waals surface area contributed by atoms with E-state index < -0.39 is 0 Å². The van der Waals surface area contributed by atoms with Gasteiger partial charge in [0.2, 0.25) is 0 Å². The van der Waals surface area contributed by atoms with Gasteiger partial charge >= 0.3 is 0 Å². The molecule has 3 rings (SSSR count). The Kier molecular flexibility index (Phi) is 3.01. The van der Waals surface area contributed by atoms with Crippen molar-refractivity contribution in [1.29, 1.82) is 0 Å². The third kappa shape index (κ3) is 2.00. The first-order valence-corrected chi connectivity index (χ1v) is 6.24. The molecule has 0 amide bonds. The van der Waals surface area contributed by atoms with Gasteiger partial charge in [0.25, 0.3) is 0 Å². The van der Waals surface area contributed by atoms with Gasteiger partial charge in [-0.15, -0.1) is 0 Å². The number of hydrogen-bond donors (Lipinski definition) is 2. The van der Waals surface area contributed by atoms with Crippen molar-refractivity contribution in [3.8, 4) is 0 Å². The molecule has 1 aliphatic rings. The number of imidazole rings is 1. The Balaban J connectivity index is 1.93. The number of nitrogens with zero attached hydrogens (tertiary/aromatic N) is 1. The molecule has 0 saturated carbocycles. The smallest absolute Gasteiger partial charge is 0.125 e. The Morgan fingerprint density at radius 2 is 2.39 bits per heavy atom. The van der Waals surface area contributed by atoms with Crippen molar-refractivity contribution in [3.05, 3.63) is 29.8 Å². The topological polar surface area (TPSA) is 49.9 Å². The molecule has 1 aliphatic heterocycles. The Morgan fingerprint density at radius 1 is 1.50 bits per heavy atom. The largest absolute Gasteiger partial charge is 0.379 e. The number of H-pyrrole nitrogens is 1. The molecule has 2 N–H and O–H groups in total. The van der Waals surface area contributed by atoms with Gasteiger partial charge in [0.05, 0.1) is 30.2 Å². The highest BCUT2D eigenvalue weighted by Gasteiger charge is 2.31. The number of aromatic amines is 1. The summed E-state index contributed by atoms with van der Waals surface area (Å²) in [7, 11) is 0. The quantitative estimate of drug-likeness (QED) is 0.872. The maximum absolute atomic E-state index is 13.1. The van der Waals surface area contributed by atoms with Gasteiger partial charge in [0.1, 0.15) is 11.6 Å². The number of fused-ring (bicyclic) bond motifs is 1. The molecule has 2 aromatic rings. The number of benzene rings is 1. The highest BCUT2D eigenvalue weighted by molar-refractivity contribution is 5.75.